The zero-order valence-electron chi connectivity index (χ0n) is 9.75. The standard InChI is InChI=1S/C11H11FN4O2S/c12-10-2-1-3-11(9(10)4-13)19(17,18)16-8-5-14-7-15-6-8/h1-3,5-7,16H,4,13H2. The average Bonchev–Trinajstić information content (AvgIpc) is 2.39. The normalized spacial score (nSPS) is 11.3. The number of nitrogens with one attached hydrogen (secondary N) is 1. The van der Waals surface area contributed by atoms with Gasteiger partial charge in [0.15, 0.2) is 0 Å². The van der Waals surface area contributed by atoms with Gasteiger partial charge in [0.25, 0.3) is 10.0 Å². The second-order valence-corrected chi connectivity index (χ2v) is 5.30. The van der Waals surface area contributed by atoms with E-state index in [9.17, 15) is 12.8 Å². The third kappa shape index (κ3) is 2.85. The van der Waals surface area contributed by atoms with Gasteiger partial charge in [-0.05, 0) is 12.1 Å². The van der Waals surface area contributed by atoms with Crippen molar-refractivity contribution in [3.05, 3.63) is 48.3 Å². The van der Waals surface area contributed by atoms with Gasteiger partial charge in [-0.3, -0.25) is 4.72 Å². The molecule has 0 fully saturated rings. The van der Waals surface area contributed by atoms with Crippen molar-refractivity contribution < 1.29 is 12.8 Å². The van der Waals surface area contributed by atoms with Gasteiger partial charge in [-0.1, -0.05) is 6.07 Å². The Morgan fingerprint density at radius 3 is 2.58 bits per heavy atom. The van der Waals surface area contributed by atoms with Gasteiger partial charge in [0.1, 0.15) is 12.1 Å². The summed E-state index contributed by atoms with van der Waals surface area (Å²) in [6.45, 7) is -0.214. The lowest BCUT2D eigenvalue weighted by Crippen LogP contribution is -2.17. The van der Waals surface area contributed by atoms with Crippen molar-refractivity contribution in [1.29, 1.82) is 0 Å². The van der Waals surface area contributed by atoms with Gasteiger partial charge in [-0.15, -0.1) is 0 Å². The lowest BCUT2D eigenvalue weighted by Gasteiger charge is -2.11. The molecule has 19 heavy (non-hydrogen) atoms. The summed E-state index contributed by atoms with van der Waals surface area (Å²) in [5, 5.41) is 0. The molecule has 100 valence electrons. The third-order valence-corrected chi connectivity index (χ3v) is 3.85. The molecule has 0 saturated carbocycles. The molecule has 0 radical (unpaired) electrons. The monoisotopic (exact) mass is 282 g/mol. The van der Waals surface area contributed by atoms with Crippen molar-refractivity contribution in [1.82, 2.24) is 9.97 Å². The van der Waals surface area contributed by atoms with Crippen LogP contribution in [0.1, 0.15) is 5.56 Å². The number of anilines is 1. The van der Waals surface area contributed by atoms with Crippen LogP contribution in [-0.4, -0.2) is 18.4 Å². The van der Waals surface area contributed by atoms with Crippen molar-refractivity contribution in [3.63, 3.8) is 0 Å². The molecule has 0 amide bonds. The number of hydrogen-bond donors (Lipinski definition) is 2. The molecule has 8 heteroatoms. The fourth-order valence-electron chi connectivity index (χ4n) is 1.55. The maximum absolute atomic E-state index is 13.5. The van der Waals surface area contributed by atoms with E-state index in [-0.39, 0.29) is 22.7 Å². The van der Waals surface area contributed by atoms with Gasteiger partial charge in [0.2, 0.25) is 0 Å². The van der Waals surface area contributed by atoms with Crippen molar-refractivity contribution in [2.45, 2.75) is 11.4 Å². The van der Waals surface area contributed by atoms with Crippen LogP contribution in [0.15, 0.2) is 41.8 Å². The van der Waals surface area contributed by atoms with Crippen LogP contribution in [0.5, 0.6) is 0 Å². The molecule has 0 spiro atoms. The fourth-order valence-corrected chi connectivity index (χ4v) is 2.84. The van der Waals surface area contributed by atoms with Gasteiger partial charge in [0.05, 0.1) is 23.0 Å². The molecule has 1 aromatic heterocycles. The summed E-state index contributed by atoms with van der Waals surface area (Å²) in [5.74, 6) is -0.658. The maximum atomic E-state index is 13.5. The smallest absolute Gasteiger partial charge is 0.262 e. The second kappa shape index (κ2) is 5.29. The Labute approximate surface area is 109 Å². The average molecular weight is 282 g/mol. The Morgan fingerprint density at radius 1 is 1.26 bits per heavy atom. The quantitative estimate of drug-likeness (QED) is 0.867. The summed E-state index contributed by atoms with van der Waals surface area (Å²) >= 11 is 0. The van der Waals surface area contributed by atoms with Crippen LogP contribution in [0.2, 0.25) is 0 Å². The highest BCUT2D eigenvalue weighted by Gasteiger charge is 2.20. The second-order valence-electron chi connectivity index (χ2n) is 3.65. The topological polar surface area (TPSA) is 98.0 Å². The molecule has 2 rings (SSSR count). The Bertz CT molecular complexity index is 676. The molecule has 1 heterocycles. The molecular formula is C11H11FN4O2S. The van der Waals surface area contributed by atoms with Gasteiger partial charge in [-0.25, -0.2) is 22.8 Å². The van der Waals surface area contributed by atoms with E-state index in [2.05, 4.69) is 14.7 Å². The predicted molar refractivity (Wildman–Crippen MR) is 67.1 cm³/mol. The number of rotatable bonds is 4. The molecule has 0 aliphatic heterocycles. The first-order valence-corrected chi connectivity index (χ1v) is 6.78. The Morgan fingerprint density at radius 2 is 1.95 bits per heavy atom. The molecule has 6 nitrogen and oxygen atoms in total. The molecule has 1 aromatic carbocycles. The third-order valence-electron chi connectivity index (χ3n) is 2.38. The Balaban J connectivity index is 2.43. The van der Waals surface area contributed by atoms with Crippen LogP contribution in [-0.2, 0) is 16.6 Å². The van der Waals surface area contributed by atoms with E-state index >= 15 is 0 Å². The highest BCUT2D eigenvalue weighted by molar-refractivity contribution is 7.92. The van der Waals surface area contributed by atoms with E-state index in [1.807, 2.05) is 0 Å². The largest absolute Gasteiger partial charge is 0.326 e. The zero-order chi connectivity index (χ0) is 13.9. The minimum atomic E-state index is -3.93. The molecule has 0 saturated heterocycles. The van der Waals surface area contributed by atoms with E-state index in [1.54, 1.807) is 0 Å². The predicted octanol–water partition coefficient (Wildman–Crippen LogP) is 0.875. The molecule has 0 aliphatic carbocycles. The Kier molecular flexibility index (Phi) is 3.72. The highest BCUT2D eigenvalue weighted by Crippen LogP contribution is 2.20. The van der Waals surface area contributed by atoms with E-state index in [4.69, 9.17) is 5.73 Å². The fraction of sp³-hybridized carbons (Fsp3) is 0.0909. The van der Waals surface area contributed by atoms with E-state index in [0.717, 1.165) is 6.07 Å². The molecule has 0 aliphatic rings. The number of aromatic nitrogens is 2. The number of sulfonamides is 1. The summed E-state index contributed by atoms with van der Waals surface area (Å²) in [6, 6.07) is 3.76. The summed E-state index contributed by atoms with van der Waals surface area (Å²) in [5.41, 5.74) is 5.51. The highest BCUT2D eigenvalue weighted by atomic mass is 32.2. The number of nitrogens with zero attached hydrogens (tertiary/aromatic N) is 2. The molecule has 0 bridgehead atoms. The van der Waals surface area contributed by atoms with Crippen LogP contribution in [0.3, 0.4) is 0 Å². The van der Waals surface area contributed by atoms with Crippen LogP contribution < -0.4 is 10.5 Å². The Hall–Kier alpha value is -2.06. The first-order chi connectivity index (χ1) is 9.04. The van der Waals surface area contributed by atoms with Gasteiger partial charge in [0, 0.05) is 12.1 Å². The number of hydrogen-bond acceptors (Lipinski definition) is 5. The van der Waals surface area contributed by atoms with Gasteiger partial charge < -0.3 is 5.73 Å². The number of nitrogens with two attached hydrogens (primary N) is 1. The van der Waals surface area contributed by atoms with Crippen molar-refractivity contribution >= 4 is 15.7 Å². The van der Waals surface area contributed by atoms with Gasteiger partial charge >= 0.3 is 0 Å². The van der Waals surface area contributed by atoms with Crippen LogP contribution in [0.4, 0.5) is 10.1 Å². The van der Waals surface area contributed by atoms with E-state index in [1.165, 1.54) is 30.9 Å². The number of benzene rings is 1. The summed E-state index contributed by atoms with van der Waals surface area (Å²) in [7, 11) is -3.93. The van der Waals surface area contributed by atoms with Crippen molar-refractivity contribution in [2.24, 2.45) is 5.73 Å². The number of halogens is 1. The minimum absolute atomic E-state index is 0.0631. The lowest BCUT2D eigenvalue weighted by molar-refractivity contribution is 0.585. The van der Waals surface area contributed by atoms with Crippen molar-refractivity contribution in [3.8, 4) is 0 Å². The molecule has 0 unspecified atom stereocenters. The molecule has 0 atom stereocenters. The lowest BCUT2D eigenvalue weighted by atomic mass is 10.2. The van der Waals surface area contributed by atoms with E-state index in [0.29, 0.717) is 0 Å². The zero-order valence-corrected chi connectivity index (χ0v) is 10.6. The van der Waals surface area contributed by atoms with Crippen molar-refractivity contribution in [2.75, 3.05) is 4.72 Å². The van der Waals surface area contributed by atoms with Crippen LogP contribution >= 0.6 is 0 Å². The van der Waals surface area contributed by atoms with Crippen LogP contribution in [0, 0.1) is 5.82 Å². The molecule has 3 N–H and O–H groups in total. The van der Waals surface area contributed by atoms with E-state index < -0.39 is 15.8 Å². The summed E-state index contributed by atoms with van der Waals surface area (Å²) < 4.78 is 40.1. The molecular weight excluding hydrogens is 271 g/mol. The maximum Gasteiger partial charge on any atom is 0.262 e. The molecule has 2 aromatic rings. The summed E-state index contributed by atoms with van der Waals surface area (Å²) in [6.07, 6.45) is 3.86. The minimum Gasteiger partial charge on any atom is -0.326 e. The first kappa shape index (κ1) is 13.4. The first-order valence-electron chi connectivity index (χ1n) is 5.30. The van der Waals surface area contributed by atoms with Gasteiger partial charge in [-0.2, -0.15) is 0 Å². The summed E-state index contributed by atoms with van der Waals surface area (Å²) in [4.78, 5) is 7.18. The van der Waals surface area contributed by atoms with Crippen LogP contribution in [0.25, 0.3) is 0 Å². The SMILES string of the molecule is NCc1c(F)cccc1S(=O)(=O)Nc1cncnc1.